The second kappa shape index (κ2) is 10.9. The van der Waals surface area contributed by atoms with Gasteiger partial charge in [0.15, 0.2) is 0 Å². The highest BCUT2D eigenvalue weighted by atomic mass is 15.0. The zero-order valence-electron chi connectivity index (χ0n) is 26.7. The lowest BCUT2D eigenvalue weighted by Gasteiger charge is -2.08. The van der Waals surface area contributed by atoms with Gasteiger partial charge in [-0.1, -0.05) is 84.9 Å². The first kappa shape index (κ1) is 27.6. The predicted molar refractivity (Wildman–Crippen MR) is 193 cm³/mol. The van der Waals surface area contributed by atoms with Crippen LogP contribution >= 0.6 is 0 Å². The van der Waals surface area contributed by atoms with Gasteiger partial charge in [0, 0.05) is 40.3 Å². The topological polar surface area (TPSA) is 7.94 Å². The van der Waals surface area contributed by atoms with E-state index in [1.165, 1.54) is 88.2 Å². The number of rotatable bonds is 6. The molecule has 2 aliphatic rings. The minimum Gasteiger partial charge on any atom is -0.341 e. The van der Waals surface area contributed by atoms with Crippen molar-refractivity contribution in [2.75, 3.05) is 6.54 Å². The normalized spacial score (nSPS) is 16.4. The Balaban J connectivity index is 1.28. The van der Waals surface area contributed by atoms with Crippen molar-refractivity contribution < 1.29 is 4.58 Å². The molecule has 1 aromatic heterocycles. The van der Waals surface area contributed by atoms with Crippen molar-refractivity contribution in [3.63, 3.8) is 0 Å². The van der Waals surface area contributed by atoms with E-state index in [4.69, 9.17) is 0 Å². The maximum absolute atomic E-state index is 2.49. The number of aryl methyl sites for hydroxylation is 3. The lowest BCUT2D eigenvalue weighted by molar-refractivity contribution is -0.430. The fraction of sp³-hybridized carbons (Fsp3) is 0.186. The molecule has 8 rings (SSSR count). The van der Waals surface area contributed by atoms with Crippen LogP contribution in [0.3, 0.4) is 0 Å². The van der Waals surface area contributed by atoms with E-state index < -0.39 is 0 Å². The van der Waals surface area contributed by atoms with Gasteiger partial charge in [0.1, 0.15) is 6.54 Å². The molecule has 2 nitrogen and oxygen atoms in total. The fourth-order valence-electron chi connectivity index (χ4n) is 7.93. The van der Waals surface area contributed by atoms with Gasteiger partial charge in [-0.3, -0.25) is 0 Å². The summed E-state index contributed by atoms with van der Waals surface area (Å²) in [5.74, 6) is 0. The Kier molecular flexibility index (Phi) is 6.68. The average molecular weight is 584 g/mol. The van der Waals surface area contributed by atoms with Crippen molar-refractivity contribution in [2.24, 2.45) is 0 Å². The molecule has 0 bridgehead atoms. The molecule has 0 fully saturated rings. The lowest BCUT2D eigenvalue weighted by Crippen LogP contribution is -2.14. The van der Waals surface area contributed by atoms with Crippen LogP contribution in [0.25, 0.3) is 44.1 Å². The van der Waals surface area contributed by atoms with Gasteiger partial charge in [0.25, 0.3) is 0 Å². The zero-order valence-corrected chi connectivity index (χ0v) is 26.7. The van der Waals surface area contributed by atoms with Crippen molar-refractivity contribution in [1.29, 1.82) is 0 Å². The number of hydrogen-bond acceptors (Lipinski definition) is 0. The molecule has 1 aliphatic heterocycles. The van der Waals surface area contributed by atoms with Gasteiger partial charge in [0.2, 0.25) is 11.4 Å². The second-order valence-corrected chi connectivity index (χ2v) is 12.5. The predicted octanol–water partition coefficient (Wildman–Crippen LogP) is 9.98. The Bertz CT molecular complexity index is 2340. The summed E-state index contributed by atoms with van der Waals surface area (Å²) in [6, 6.07) is 33.7. The van der Waals surface area contributed by atoms with Crippen molar-refractivity contribution in [1.82, 2.24) is 4.57 Å². The van der Waals surface area contributed by atoms with Crippen LogP contribution in [0.5, 0.6) is 0 Å². The number of benzene rings is 5. The number of hydrogen-bond donors (Lipinski definition) is 0. The highest BCUT2D eigenvalue weighted by molar-refractivity contribution is 6.20. The molecule has 0 atom stereocenters. The van der Waals surface area contributed by atoms with Gasteiger partial charge < -0.3 is 4.57 Å². The summed E-state index contributed by atoms with van der Waals surface area (Å²) in [5, 5.41) is 8.09. The smallest absolute Gasteiger partial charge is 0.214 e. The minimum absolute atomic E-state index is 0.943. The molecule has 0 unspecified atom stereocenters. The van der Waals surface area contributed by atoms with Crippen molar-refractivity contribution >= 4 is 55.5 Å². The summed E-state index contributed by atoms with van der Waals surface area (Å²) >= 11 is 0. The minimum atomic E-state index is 0.943. The molecule has 0 saturated heterocycles. The molecule has 0 radical (unpaired) electrons. The summed E-state index contributed by atoms with van der Waals surface area (Å²) in [6.07, 6.45) is 11.6. The van der Waals surface area contributed by atoms with Crippen molar-refractivity contribution in [3.05, 3.63) is 148 Å². The average Bonchev–Trinajstić information content (AvgIpc) is 3.71. The van der Waals surface area contributed by atoms with Crippen LogP contribution in [-0.2, 0) is 6.54 Å². The zero-order chi connectivity index (χ0) is 30.7. The van der Waals surface area contributed by atoms with E-state index in [1.807, 2.05) is 0 Å². The summed E-state index contributed by atoms with van der Waals surface area (Å²) in [4.78, 5) is 0. The van der Waals surface area contributed by atoms with Crippen LogP contribution in [0.15, 0.2) is 120 Å². The number of nitrogens with zero attached hydrogens (tertiary/aromatic N) is 2. The second-order valence-electron chi connectivity index (χ2n) is 12.5. The van der Waals surface area contributed by atoms with Crippen molar-refractivity contribution in [3.8, 4) is 0 Å². The van der Waals surface area contributed by atoms with Gasteiger partial charge in [-0.25, -0.2) is 0 Å². The fourth-order valence-corrected chi connectivity index (χ4v) is 7.93. The van der Waals surface area contributed by atoms with E-state index in [-0.39, 0.29) is 0 Å². The SMILES string of the molecule is CCn1/c(=C/C=C2\CCC(/C=C/C3=[N+](CC)c4cc(C)cc5cccc3c45)=C2c2ccccc2)c2cccc3c(C)ccc1c32. The molecule has 6 aromatic rings. The largest absolute Gasteiger partial charge is 0.341 e. The molecule has 45 heavy (non-hydrogen) atoms. The summed E-state index contributed by atoms with van der Waals surface area (Å²) in [7, 11) is 0. The number of allylic oxidation sites excluding steroid dienone is 6. The number of aromatic nitrogens is 1. The summed E-state index contributed by atoms with van der Waals surface area (Å²) in [6.45, 7) is 10.8. The van der Waals surface area contributed by atoms with Gasteiger partial charge in [-0.15, -0.1) is 0 Å². The van der Waals surface area contributed by atoms with E-state index in [2.05, 4.69) is 152 Å². The molecule has 0 spiro atoms. The van der Waals surface area contributed by atoms with Crippen LogP contribution in [0.2, 0.25) is 0 Å². The third-order valence-electron chi connectivity index (χ3n) is 9.94. The maximum Gasteiger partial charge on any atom is 0.214 e. The molecule has 2 heteroatoms. The Morgan fingerprint density at radius 1 is 0.756 bits per heavy atom. The van der Waals surface area contributed by atoms with E-state index in [0.717, 1.165) is 25.9 Å². The molecule has 5 aromatic carbocycles. The quantitative estimate of drug-likeness (QED) is 0.172. The van der Waals surface area contributed by atoms with Gasteiger partial charge in [-0.2, -0.15) is 4.58 Å². The molecule has 0 amide bonds. The van der Waals surface area contributed by atoms with E-state index in [1.54, 1.807) is 0 Å². The first-order chi connectivity index (χ1) is 22.1. The first-order valence-corrected chi connectivity index (χ1v) is 16.4. The molecular weight excluding hydrogens is 544 g/mol. The Morgan fingerprint density at radius 2 is 1.58 bits per heavy atom. The van der Waals surface area contributed by atoms with Crippen LogP contribution in [-0.4, -0.2) is 21.4 Å². The third kappa shape index (κ3) is 4.35. The highest BCUT2D eigenvalue weighted by Crippen LogP contribution is 2.41. The van der Waals surface area contributed by atoms with Gasteiger partial charge in [0.05, 0.1) is 10.9 Å². The highest BCUT2D eigenvalue weighted by Gasteiger charge is 2.30. The van der Waals surface area contributed by atoms with Crippen molar-refractivity contribution in [2.45, 2.75) is 47.1 Å². The molecule has 1 aliphatic carbocycles. The van der Waals surface area contributed by atoms with Gasteiger partial charge >= 0.3 is 0 Å². The van der Waals surface area contributed by atoms with E-state index in [9.17, 15) is 0 Å². The molecule has 0 saturated carbocycles. The Hall–Kier alpha value is -4.95. The van der Waals surface area contributed by atoms with Crippen LogP contribution in [0.1, 0.15) is 48.9 Å². The van der Waals surface area contributed by atoms with Crippen LogP contribution in [0.4, 0.5) is 5.69 Å². The van der Waals surface area contributed by atoms with Crippen LogP contribution in [0, 0.1) is 13.8 Å². The monoisotopic (exact) mass is 583 g/mol. The Morgan fingerprint density at radius 3 is 2.40 bits per heavy atom. The van der Waals surface area contributed by atoms with Crippen LogP contribution < -0.4 is 5.35 Å². The third-order valence-corrected chi connectivity index (χ3v) is 9.94. The lowest BCUT2D eigenvalue weighted by atomic mass is 9.97. The molecule has 2 heterocycles. The molecular formula is C43H39N2+. The Labute approximate surface area is 265 Å². The first-order valence-electron chi connectivity index (χ1n) is 16.4. The van der Waals surface area contributed by atoms with E-state index >= 15 is 0 Å². The molecule has 0 N–H and O–H groups in total. The van der Waals surface area contributed by atoms with E-state index in [0.29, 0.717) is 0 Å². The molecule has 220 valence electrons. The van der Waals surface area contributed by atoms with Gasteiger partial charge in [-0.05, 0) is 103 Å². The maximum atomic E-state index is 2.49. The standard InChI is InChI=1S/C43H39N2/c1-5-44-38(36-17-11-15-34-29(4)18-23-39(44)43(34)36)25-22-32-20-19-31(41(32)30-12-8-7-9-13-30)21-24-37-35-16-10-14-33-26-28(3)27-40(42(33)35)45(37)6-2/h7-18,21-27H,5-6,19-20H2,1-4H3/q+1. The summed E-state index contributed by atoms with van der Waals surface area (Å²) < 4.78 is 4.96. The summed E-state index contributed by atoms with van der Waals surface area (Å²) in [5.41, 5.74) is 13.4.